The molecule has 1 fully saturated rings. The topological polar surface area (TPSA) is 126 Å². The zero-order chi connectivity index (χ0) is 22.9. The van der Waals surface area contributed by atoms with Gasteiger partial charge in [0.2, 0.25) is 0 Å². The fourth-order valence-corrected chi connectivity index (χ4v) is 4.25. The number of H-pyrrole nitrogens is 1. The summed E-state index contributed by atoms with van der Waals surface area (Å²) in [5.74, 6) is 0.495. The molecule has 9 heteroatoms. The summed E-state index contributed by atoms with van der Waals surface area (Å²) in [6.45, 7) is 1.07. The number of hydrogen-bond donors (Lipinski definition) is 3. The van der Waals surface area contributed by atoms with Gasteiger partial charge in [-0.25, -0.2) is 4.99 Å². The van der Waals surface area contributed by atoms with Crippen LogP contribution >= 0.6 is 0 Å². The number of nitrogens with one attached hydrogen (secondary N) is 1. The van der Waals surface area contributed by atoms with Crippen LogP contribution in [0.15, 0.2) is 52.6 Å². The number of rotatable bonds is 5. The molecule has 2 aromatic carbocycles. The smallest absolute Gasteiger partial charge is 0.263 e. The van der Waals surface area contributed by atoms with E-state index in [-0.39, 0.29) is 24.4 Å². The Hall–Kier alpha value is -3.85. The van der Waals surface area contributed by atoms with Gasteiger partial charge in [-0.05, 0) is 37.1 Å². The lowest BCUT2D eigenvalue weighted by atomic mass is 10.0. The maximum Gasteiger partial charge on any atom is 0.263 e. The number of nitrogens with two attached hydrogens (primary N) is 1. The van der Waals surface area contributed by atoms with Gasteiger partial charge >= 0.3 is 0 Å². The number of carbonyl (C=O) groups excluding carboxylic acids is 1. The van der Waals surface area contributed by atoms with Gasteiger partial charge < -0.3 is 30.3 Å². The second kappa shape index (κ2) is 8.59. The Labute approximate surface area is 190 Å². The number of aromatic hydroxyl groups is 1. The number of carbonyl (C=O) groups is 1. The van der Waals surface area contributed by atoms with Gasteiger partial charge in [0, 0.05) is 35.6 Å². The van der Waals surface area contributed by atoms with Crippen LogP contribution in [0.5, 0.6) is 11.6 Å². The van der Waals surface area contributed by atoms with E-state index in [4.69, 9.17) is 20.3 Å². The second-order valence-electron chi connectivity index (χ2n) is 8.17. The third-order valence-corrected chi connectivity index (χ3v) is 6.07. The molecule has 1 amide bonds. The molecule has 0 radical (unpaired) electrons. The maximum absolute atomic E-state index is 12.5. The Morgan fingerprint density at radius 2 is 2.06 bits per heavy atom. The summed E-state index contributed by atoms with van der Waals surface area (Å²) in [6.07, 6.45) is 1.57. The largest absolute Gasteiger partial charge is 0.497 e. The molecule has 0 saturated carbocycles. The zero-order valence-corrected chi connectivity index (χ0v) is 18.2. The molecule has 3 heterocycles. The van der Waals surface area contributed by atoms with Crippen LogP contribution in [0.3, 0.4) is 0 Å². The number of ether oxygens (including phenoxy) is 1. The summed E-state index contributed by atoms with van der Waals surface area (Å²) in [6, 6.07) is 13.1. The van der Waals surface area contributed by atoms with E-state index in [0.717, 1.165) is 29.3 Å². The Balaban J connectivity index is 1.46. The maximum atomic E-state index is 12.5. The third-order valence-electron chi connectivity index (χ3n) is 6.07. The molecule has 33 heavy (non-hydrogen) atoms. The molecule has 1 aromatic heterocycles. The molecule has 4 N–H and O–H groups in total. The first kappa shape index (κ1) is 21.0. The van der Waals surface area contributed by atoms with Crippen molar-refractivity contribution in [1.29, 1.82) is 0 Å². The highest BCUT2D eigenvalue weighted by Crippen LogP contribution is 2.36. The molecule has 0 bridgehead atoms. The number of aromatic amines is 1. The van der Waals surface area contributed by atoms with Crippen LogP contribution < -0.4 is 10.5 Å². The van der Waals surface area contributed by atoms with Gasteiger partial charge in [0.1, 0.15) is 17.2 Å². The predicted molar refractivity (Wildman–Crippen MR) is 125 cm³/mol. The second-order valence-corrected chi connectivity index (χ2v) is 8.17. The fourth-order valence-electron chi connectivity index (χ4n) is 4.25. The monoisotopic (exact) mass is 447 g/mol. The molecule has 0 spiro atoms. The van der Waals surface area contributed by atoms with Crippen LogP contribution in [0.1, 0.15) is 24.0 Å². The molecule has 2 aliphatic rings. The van der Waals surface area contributed by atoms with Crippen molar-refractivity contribution in [3.8, 4) is 11.6 Å². The predicted octanol–water partition coefficient (Wildman–Crippen LogP) is 2.69. The van der Waals surface area contributed by atoms with E-state index in [1.807, 2.05) is 42.5 Å². The first-order valence-corrected chi connectivity index (χ1v) is 10.9. The van der Waals surface area contributed by atoms with Gasteiger partial charge in [-0.1, -0.05) is 23.4 Å². The van der Waals surface area contributed by atoms with E-state index in [1.165, 1.54) is 0 Å². The van der Waals surface area contributed by atoms with E-state index in [9.17, 15) is 9.90 Å². The molecule has 0 aliphatic carbocycles. The summed E-state index contributed by atoms with van der Waals surface area (Å²) in [5, 5.41) is 15.8. The minimum absolute atomic E-state index is 0.0294. The summed E-state index contributed by atoms with van der Waals surface area (Å²) in [7, 11) is 1.59. The summed E-state index contributed by atoms with van der Waals surface area (Å²) < 4.78 is 5.35. The van der Waals surface area contributed by atoms with Crippen LogP contribution in [-0.2, 0) is 9.63 Å². The number of aromatic nitrogens is 1. The van der Waals surface area contributed by atoms with Crippen molar-refractivity contribution >= 4 is 33.9 Å². The van der Waals surface area contributed by atoms with Crippen LogP contribution in [0.25, 0.3) is 10.9 Å². The molecular weight excluding hydrogens is 422 g/mol. The van der Waals surface area contributed by atoms with Gasteiger partial charge in [0.05, 0.1) is 18.4 Å². The van der Waals surface area contributed by atoms with E-state index in [1.54, 1.807) is 12.0 Å². The number of benzene rings is 2. The molecule has 2 aliphatic heterocycles. The summed E-state index contributed by atoms with van der Waals surface area (Å²) in [4.78, 5) is 27.5. The Morgan fingerprint density at radius 1 is 1.27 bits per heavy atom. The van der Waals surface area contributed by atoms with Crippen molar-refractivity contribution in [1.82, 2.24) is 9.88 Å². The van der Waals surface area contributed by atoms with Crippen molar-refractivity contribution in [2.45, 2.75) is 18.9 Å². The first-order chi connectivity index (χ1) is 16.0. The quantitative estimate of drug-likeness (QED) is 0.519. The Kier molecular flexibility index (Phi) is 5.47. The minimum atomic E-state index is -0.179. The number of amides is 1. The van der Waals surface area contributed by atoms with E-state index >= 15 is 0 Å². The number of fused-ring (bicyclic) bond motifs is 2. The number of aliphatic imine (C=N–C) groups is 1. The van der Waals surface area contributed by atoms with Crippen LogP contribution in [0.2, 0.25) is 0 Å². The normalized spacial score (nSPS) is 17.3. The van der Waals surface area contributed by atoms with Gasteiger partial charge in [-0.15, -0.1) is 0 Å². The fraction of sp³-hybridized carbons (Fsp3) is 0.292. The number of nitrogens with zero attached hydrogens (tertiary/aromatic N) is 3. The van der Waals surface area contributed by atoms with Crippen LogP contribution in [0.4, 0.5) is 5.69 Å². The highest BCUT2D eigenvalue weighted by Gasteiger charge is 2.29. The third kappa shape index (κ3) is 3.91. The summed E-state index contributed by atoms with van der Waals surface area (Å²) in [5.41, 5.74) is 9.55. The van der Waals surface area contributed by atoms with E-state index < -0.39 is 0 Å². The lowest BCUT2D eigenvalue weighted by molar-refractivity contribution is -0.137. The van der Waals surface area contributed by atoms with Crippen molar-refractivity contribution in [3.05, 3.63) is 53.6 Å². The minimum Gasteiger partial charge on any atom is -0.497 e. The number of hydrogen-bond acceptors (Lipinski definition) is 7. The van der Waals surface area contributed by atoms with Gasteiger partial charge in [0.15, 0.2) is 12.5 Å². The van der Waals surface area contributed by atoms with Crippen molar-refractivity contribution in [3.63, 3.8) is 0 Å². The van der Waals surface area contributed by atoms with Gasteiger partial charge in [-0.3, -0.25) is 4.79 Å². The molecule has 5 rings (SSSR count). The summed E-state index contributed by atoms with van der Waals surface area (Å²) >= 11 is 0. The number of para-hydroxylation sites is 1. The van der Waals surface area contributed by atoms with E-state index in [0.29, 0.717) is 41.5 Å². The first-order valence-electron chi connectivity index (χ1n) is 10.9. The lowest BCUT2D eigenvalue weighted by Crippen LogP contribution is -2.44. The molecule has 9 nitrogen and oxygen atoms in total. The standard InChI is InChI=1S/C24H25N5O4/c1-32-15-6-7-19-17(12-15)21(24(31)27-19)23-22(16-4-2-3-5-18(16)26-23)28-33-13-20(30)29-10-8-14(25)9-11-29/h2-7,12,14,27,31H,8-11,13,25H2,1H3/b28-22+. The average molecular weight is 447 g/mol. The molecule has 1 saturated heterocycles. The van der Waals surface area contributed by atoms with Crippen LogP contribution in [-0.4, -0.2) is 65.2 Å². The molecule has 170 valence electrons. The van der Waals surface area contributed by atoms with Gasteiger partial charge in [-0.2, -0.15) is 0 Å². The molecule has 3 aromatic rings. The van der Waals surface area contributed by atoms with Gasteiger partial charge in [0.25, 0.3) is 5.91 Å². The SMILES string of the molecule is COc1ccc2[nH]c(O)c(C3=Nc4ccccc4/C3=N\OCC(=O)N3CCC(N)CC3)c2c1. The van der Waals surface area contributed by atoms with Crippen molar-refractivity contribution < 1.29 is 19.5 Å². The highest BCUT2D eigenvalue weighted by atomic mass is 16.6. The van der Waals surface area contributed by atoms with Crippen molar-refractivity contribution in [2.24, 2.45) is 15.9 Å². The Morgan fingerprint density at radius 3 is 2.85 bits per heavy atom. The van der Waals surface area contributed by atoms with Crippen molar-refractivity contribution in [2.75, 3.05) is 26.8 Å². The number of methoxy groups -OCH3 is 1. The van der Waals surface area contributed by atoms with Crippen LogP contribution in [0, 0.1) is 0 Å². The average Bonchev–Trinajstić information content (AvgIpc) is 3.35. The Bertz CT molecular complexity index is 1270. The number of oxime groups is 1. The molecular formula is C24H25N5O4. The zero-order valence-electron chi connectivity index (χ0n) is 18.2. The molecule has 0 atom stereocenters. The number of piperidine rings is 1. The number of likely N-dealkylation sites (tertiary alicyclic amines) is 1. The highest BCUT2D eigenvalue weighted by molar-refractivity contribution is 6.58. The van der Waals surface area contributed by atoms with E-state index in [2.05, 4.69) is 10.1 Å². The lowest BCUT2D eigenvalue weighted by Gasteiger charge is -2.29. The molecule has 0 unspecified atom stereocenters.